The maximum atomic E-state index is 12.5. The lowest BCUT2D eigenvalue weighted by Gasteiger charge is -2.14. The smallest absolute Gasteiger partial charge is 0.273 e. The second-order valence-corrected chi connectivity index (χ2v) is 6.67. The summed E-state index contributed by atoms with van der Waals surface area (Å²) in [5.41, 5.74) is 2.09. The number of benzene rings is 3. The van der Waals surface area contributed by atoms with E-state index in [0.717, 1.165) is 27.2 Å². The van der Waals surface area contributed by atoms with Gasteiger partial charge < -0.3 is 10.6 Å². The van der Waals surface area contributed by atoms with Gasteiger partial charge in [-0.3, -0.25) is 14.7 Å². The minimum Gasteiger partial charge on any atom is -0.350 e. The van der Waals surface area contributed by atoms with Crippen LogP contribution in [0, 0.1) is 0 Å². The summed E-state index contributed by atoms with van der Waals surface area (Å²) in [4.78, 5) is 25.0. The molecule has 0 aliphatic heterocycles. The second-order valence-electron chi connectivity index (χ2n) is 6.67. The number of hydrogen-bond donors (Lipinski definition) is 3. The number of aromatic nitrogens is 2. The first-order valence-corrected chi connectivity index (χ1v) is 9.12. The van der Waals surface area contributed by atoms with Gasteiger partial charge in [0.2, 0.25) is 5.91 Å². The van der Waals surface area contributed by atoms with E-state index in [4.69, 9.17) is 0 Å². The molecule has 1 atom stereocenters. The number of nitrogens with one attached hydrogen (secondary N) is 3. The number of nitrogens with zero attached hydrogens (tertiary/aromatic N) is 1. The monoisotopic (exact) mass is 372 g/mol. The van der Waals surface area contributed by atoms with Crippen molar-refractivity contribution in [2.24, 2.45) is 0 Å². The first-order valence-electron chi connectivity index (χ1n) is 9.12. The van der Waals surface area contributed by atoms with Crippen LogP contribution in [-0.4, -0.2) is 28.1 Å². The van der Waals surface area contributed by atoms with Crippen LogP contribution in [-0.2, 0) is 11.3 Å². The standard InChI is InChI=1S/C22H20N4O2/c1-14(24-22(28)20-18-11-4-5-12-19(18)25-26-20)21(27)23-13-16-9-6-8-15-7-2-3-10-17(15)16/h2-12,14H,13H2,1H3,(H,23,27)(H,24,28)(H,25,26). The van der Waals surface area contributed by atoms with E-state index >= 15 is 0 Å². The highest BCUT2D eigenvalue weighted by molar-refractivity contribution is 6.05. The minimum atomic E-state index is -0.682. The fourth-order valence-corrected chi connectivity index (χ4v) is 3.25. The first-order chi connectivity index (χ1) is 13.6. The average molecular weight is 372 g/mol. The van der Waals surface area contributed by atoms with Gasteiger partial charge in [0, 0.05) is 11.9 Å². The normalized spacial score (nSPS) is 12.0. The van der Waals surface area contributed by atoms with Gasteiger partial charge in [-0.05, 0) is 29.3 Å². The molecule has 6 nitrogen and oxygen atoms in total. The van der Waals surface area contributed by atoms with Crippen LogP contribution in [0.15, 0.2) is 66.7 Å². The number of amides is 2. The zero-order valence-corrected chi connectivity index (χ0v) is 15.4. The van der Waals surface area contributed by atoms with E-state index in [1.807, 2.05) is 66.7 Å². The molecule has 4 aromatic rings. The van der Waals surface area contributed by atoms with Gasteiger partial charge in [-0.2, -0.15) is 5.10 Å². The Morgan fingerprint density at radius 2 is 1.68 bits per heavy atom. The molecule has 3 N–H and O–H groups in total. The van der Waals surface area contributed by atoms with Crippen molar-refractivity contribution in [3.63, 3.8) is 0 Å². The topological polar surface area (TPSA) is 86.9 Å². The first kappa shape index (κ1) is 17.7. The molecule has 6 heteroatoms. The number of carbonyl (C=O) groups is 2. The molecule has 4 rings (SSSR count). The molecule has 0 aliphatic carbocycles. The molecule has 0 saturated carbocycles. The summed E-state index contributed by atoms with van der Waals surface area (Å²) < 4.78 is 0. The van der Waals surface area contributed by atoms with Crippen LogP contribution in [0.25, 0.3) is 21.7 Å². The Morgan fingerprint density at radius 1 is 0.964 bits per heavy atom. The van der Waals surface area contributed by atoms with E-state index in [9.17, 15) is 9.59 Å². The Morgan fingerprint density at radius 3 is 2.54 bits per heavy atom. The third-order valence-electron chi connectivity index (χ3n) is 4.76. The van der Waals surface area contributed by atoms with Crippen LogP contribution < -0.4 is 10.6 Å². The molecule has 0 fully saturated rings. The van der Waals surface area contributed by atoms with Crippen molar-refractivity contribution in [1.82, 2.24) is 20.8 Å². The van der Waals surface area contributed by atoms with E-state index in [1.165, 1.54) is 0 Å². The van der Waals surface area contributed by atoms with Crippen molar-refractivity contribution < 1.29 is 9.59 Å². The lowest BCUT2D eigenvalue weighted by molar-refractivity contribution is -0.122. The number of aromatic amines is 1. The molecule has 140 valence electrons. The third-order valence-corrected chi connectivity index (χ3v) is 4.76. The summed E-state index contributed by atoms with van der Waals surface area (Å²) in [5.74, 6) is -0.633. The number of H-pyrrole nitrogens is 1. The summed E-state index contributed by atoms with van der Waals surface area (Å²) in [6, 6.07) is 20.7. The molecule has 1 aromatic heterocycles. The summed E-state index contributed by atoms with van der Waals surface area (Å²) in [6.45, 7) is 2.05. The molecule has 0 aliphatic rings. The maximum Gasteiger partial charge on any atom is 0.273 e. The van der Waals surface area contributed by atoms with Crippen LogP contribution in [0.4, 0.5) is 0 Å². The molecule has 0 saturated heterocycles. The fraction of sp³-hybridized carbons (Fsp3) is 0.136. The van der Waals surface area contributed by atoms with Crippen LogP contribution in [0.1, 0.15) is 23.0 Å². The molecule has 0 bridgehead atoms. The summed E-state index contributed by atoms with van der Waals surface area (Å²) >= 11 is 0. The average Bonchev–Trinajstić information content (AvgIpc) is 3.16. The molecular weight excluding hydrogens is 352 g/mol. The van der Waals surface area contributed by atoms with Crippen LogP contribution in [0.5, 0.6) is 0 Å². The van der Waals surface area contributed by atoms with E-state index in [0.29, 0.717) is 6.54 Å². The molecule has 28 heavy (non-hydrogen) atoms. The van der Waals surface area contributed by atoms with Gasteiger partial charge in [0.05, 0.1) is 5.52 Å². The van der Waals surface area contributed by atoms with E-state index in [2.05, 4.69) is 20.8 Å². The van der Waals surface area contributed by atoms with E-state index in [-0.39, 0.29) is 17.5 Å². The van der Waals surface area contributed by atoms with Crippen molar-refractivity contribution >= 4 is 33.5 Å². The molecule has 0 radical (unpaired) electrons. The number of carbonyl (C=O) groups excluding carboxylic acids is 2. The molecule has 0 spiro atoms. The highest BCUT2D eigenvalue weighted by Gasteiger charge is 2.20. The highest BCUT2D eigenvalue weighted by Crippen LogP contribution is 2.18. The molecule has 2 amide bonds. The number of rotatable bonds is 5. The van der Waals surface area contributed by atoms with E-state index in [1.54, 1.807) is 6.92 Å². The zero-order valence-electron chi connectivity index (χ0n) is 15.4. The van der Waals surface area contributed by atoms with Crippen LogP contribution in [0.3, 0.4) is 0 Å². The second kappa shape index (κ2) is 7.52. The number of fused-ring (bicyclic) bond motifs is 2. The fourth-order valence-electron chi connectivity index (χ4n) is 3.25. The quantitative estimate of drug-likeness (QED) is 0.503. The Kier molecular flexibility index (Phi) is 4.76. The Hall–Kier alpha value is -3.67. The van der Waals surface area contributed by atoms with Crippen molar-refractivity contribution in [2.45, 2.75) is 19.5 Å². The number of hydrogen-bond acceptors (Lipinski definition) is 3. The van der Waals surface area contributed by atoms with Crippen molar-refractivity contribution in [3.05, 3.63) is 78.0 Å². The summed E-state index contributed by atoms with van der Waals surface area (Å²) in [6.07, 6.45) is 0. The maximum absolute atomic E-state index is 12.5. The summed E-state index contributed by atoms with van der Waals surface area (Å²) in [7, 11) is 0. The van der Waals surface area contributed by atoms with Gasteiger partial charge in [0.25, 0.3) is 5.91 Å². The van der Waals surface area contributed by atoms with Gasteiger partial charge >= 0.3 is 0 Å². The van der Waals surface area contributed by atoms with Gasteiger partial charge in [-0.25, -0.2) is 0 Å². The molecular formula is C22H20N4O2. The zero-order chi connectivity index (χ0) is 19.5. The lowest BCUT2D eigenvalue weighted by Crippen LogP contribution is -2.44. The Bertz CT molecular complexity index is 1160. The van der Waals surface area contributed by atoms with Gasteiger partial charge in [0.1, 0.15) is 6.04 Å². The van der Waals surface area contributed by atoms with E-state index < -0.39 is 6.04 Å². The van der Waals surface area contributed by atoms with Crippen molar-refractivity contribution in [2.75, 3.05) is 0 Å². The predicted octanol–water partition coefficient (Wildman–Crippen LogP) is 3.15. The van der Waals surface area contributed by atoms with Gasteiger partial charge in [-0.15, -0.1) is 0 Å². The van der Waals surface area contributed by atoms with Gasteiger partial charge in [0.15, 0.2) is 5.69 Å². The minimum absolute atomic E-state index is 0.249. The highest BCUT2D eigenvalue weighted by atomic mass is 16.2. The Balaban J connectivity index is 1.41. The molecule has 3 aromatic carbocycles. The van der Waals surface area contributed by atoms with Gasteiger partial charge in [-0.1, -0.05) is 60.7 Å². The predicted molar refractivity (Wildman–Crippen MR) is 109 cm³/mol. The SMILES string of the molecule is CC(NC(=O)c1n[nH]c2ccccc12)C(=O)NCc1cccc2ccccc12. The lowest BCUT2D eigenvalue weighted by atomic mass is 10.0. The van der Waals surface area contributed by atoms with Crippen LogP contribution in [0.2, 0.25) is 0 Å². The van der Waals surface area contributed by atoms with Crippen molar-refractivity contribution in [3.8, 4) is 0 Å². The molecule has 1 unspecified atom stereocenters. The Labute approximate surface area is 161 Å². The largest absolute Gasteiger partial charge is 0.350 e. The summed E-state index contributed by atoms with van der Waals surface area (Å²) in [5, 5.41) is 15.5. The molecule has 1 heterocycles. The third kappa shape index (κ3) is 3.44. The number of para-hydroxylation sites is 1. The van der Waals surface area contributed by atoms with Crippen molar-refractivity contribution in [1.29, 1.82) is 0 Å². The van der Waals surface area contributed by atoms with Crippen LogP contribution >= 0.6 is 0 Å².